The summed E-state index contributed by atoms with van der Waals surface area (Å²) >= 11 is 0. The predicted octanol–water partition coefficient (Wildman–Crippen LogP) is 3.92. The lowest BCUT2D eigenvalue weighted by atomic mass is 9.98. The number of pyridine rings is 1. The highest BCUT2D eigenvalue weighted by atomic mass is 16.5. The second-order valence-corrected chi connectivity index (χ2v) is 6.08. The predicted molar refractivity (Wildman–Crippen MR) is 108 cm³/mol. The van der Waals surface area contributed by atoms with E-state index < -0.39 is 0 Å². The quantitative estimate of drug-likeness (QED) is 0.574. The summed E-state index contributed by atoms with van der Waals surface area (Å²) in [6.07, 6.45) is 3.60. The minimum absolute atomic E-state index is 0.159. The monoisotopic (exact) mass is 357 g/mol. The van der Waals surface area contributed by atoms with Crippen molar-refractivity contribution in [3.63, 3.8) is 0 Å². The lowest BCUT2D eigenvalue weighted by Crippen LogP contribution is -2.00. The molecule has 0 unspecified atom stereocenters. The normalized spacial score (nSPS) is 10.9. The summed E-state index contributed by atoms with van der Waals surface area (Å²) < 4.78 is 5.84. The Morgan fingerprint density at radius 1 is 0.926 bits per heavy atom. The highest BCUT2D eigenvalue weighted by Crippen LogP contribution is 2.36. The molecule has 0 bridgehead atoms. The van der Waals surface area contributed by atoms with Crippen LogP contribution >= 0.6 is 0 Å². The highest BCUT2D eigenvalue weighted by Gasteiger charge is 2.11. The molecular weight excluding hydrogens is 338 g/mol. The van der Waals surface area contributed by atoms with Crippen molar-refractivity contribution in [2.75, 3.05) is 18.1 Å². The molecule has 134 valence electrons. The Kier molecular flexibility index (Phi) is 4.30. The molecule has 6 heteroatoms. The maximum Gasteiger partial charge on any atom is 0.222 e. The molecule has 27 heavy (non-hydrogen) atoms. The number of hydrogen-bond acceptors (Lipinski definition) is 6. The molecule has 4 N–H and O–H groups in total. The summed E-state index contributed by atoms with van der Waals surface area (Å²) in [6, 6.07) is 15.9. The Hall–Kier alpha value is -3.67. The van der Waals surface area contributed by atoms with E-state index in [2.05, 4.69) is 21.0 Å². The van der Waals surface area contributed by atoms with Gasteiger partial charge in [0.2, 0.25) is 5.95 Å². The summed E-state index contributed by atoms with van der Waals surface area (Å²) in [7, 11) is 0. The number of nitrogens with zero attached hydrogens (tertiary/aromatic N) is 3. The zero-order valence-electron chi connectivity index (χ0n) is 14.9. The van der Waals surface area contributed by atoms with Crippen molar-refractivity contribution in [3.05, 3.63) is 60.9 Å². The molecule has 0 fully saturated rings. The number of ether oxygens (including phenoxy) is 1. The minimum Gasteiger partial charge on any atom is -0.493 e. The second kappa shape index (κ2) is 6.92. The van der Waals surface area contributed by atoms with Crippen molar-refractivity contribution < 1.29 is 4.74 Å². The number of fused-ring (bicyclic) bond motifs is 1. The van der Waals surface area contributed by atoms with Crippen LogP contribution in [0.25, 0.3) is 33.2 Å². The zero-order chi connectivity index (χ0) is 18.8. The van der Waals surface area contributed by atoms with E-state index in [9.17, 15) is 0 Å². The van der Waals surface area contributed by atoms with E-state index in [-0.39, 0.29) is 5.95 Å². The summed E-state index contributed by atoms with van der Waals surface area (Å²) in [4.78, 5) is 12.5. The first-order valence-electron chi connectivity index (χ1n) is 8.66. The maximum absolute atomic E-state index is 5.96. The molecule has 0 saturated heterocycles. The molecule has 2 aromatic carbocycles. The molecule has 0 aliphatic heterocycles. The van der Waals surface area contributed by atoms with Crippen molar-refractivity contribution in [2.45, 2.75) is 6.92 Å². The minimum atomic E-state index is 0.159. The van der Waals surface area contributed by atoms with Gasteiger partial charge < -0.3 is 16.2 Å². The molecule has 6 nitrogen and oxygen atoms in total. The van der Waals surface area contributed by atoms with Gasteiger partial charge in [-0.3, -0.25) is 4.98 Å². The van der Waals surface area contributed by atoms with Gasteiger partial charge in [-0.1, -0.05) is 18.2 Å². The van der Waals surface area contributed by atoms with Gasteiger partial charge in [-0.25, -0.2) is 4.98 Å². The summed E-state index contributed by atoms with van der Waals surface area (Å²) in [5.41, 5.74) is 16.5. The molecule has 0 radical (unpaired) electrons. The SMILES string of the molecule is CCOc1ccc(-c2cccnc2)cc1-c1ccc2c(N)nc(N)nc2c1. The molecule has 0 aliphatic carbocycles. The van der Waals surface area contributed by atoms with Crippen LogP contribution in [-0.4, -0.2) is 21.6 Å². The van der Waals surface area contributed by atoms with Crippen LogP contribution in [0.5, 0.6) is 5.75 Å². The maximum atomic E-state index is 5.96. The van der Waals surface area contributed by atoms with E-state index in [0.717, 1.165) is 33.4 Å². The number of rotatable bonds is 4. The molecular formula is C21H19N5O. The van der Waals surface area contributed by atoms with Gasteiger partial charge in [0.15, 0.2) is 0 Å². The van der Waals surface area contributed by atoms with Crippen LogP contribution in [0.1, 0.15) is 6.92 Å². The molecule has 2 heterocycles. The van der Waals surface area contributed by atoms with E-state index in [1.807, 2.05) is 55.6 Å². The summed E-state index contributed by atoms with van der Waals surface area (Å²) in [5.74, 6) is 1.34. The van der Waals surface area contributed by atoms with Gasteiger partial charge in [0.25, 0.3) is 0 Å². The number of benzene rings is 2. The smallest absolute Gasteiger partial charge is 0.222 e. The van der Waals surface area contributed by atoms with Crippen LogP contribution in [0.15, 0.2) is 60.9 Å². The number of nitrogens with two attached hydrogens (primary N) is 2. The Balaban J connectivity index is 1.89. The standard InChI is InChI=1S/C21H19N5O/c1-2-27-19-8-6-13(15-4-3-9-24-12-15)10-17(19)14-5-7-16-18(11-14)25-21(23)26-20(16)22/h3-12H,2H2,1H3,(H4,22,23,25,26). The van der Waals surface area contributed by atoms with Gasteiger partial charge in [-0.15, -0.1) is 0 Å². The van der Waals surface area contributed by atoms with Crippen LogP contribution in [0.3, 0.4) is 0 Å². The largest absolute Gasteiger partial charge is 0.493 e. The summed E-state index contributed by atoms with van der Waals surface area (Å²) in [5, 5.41) is 0.773. The van der Waals surface area contributed by atoms with Crippen molar-refractivity contribution in [1.29, 1.82) is 0 Å². The van der Waals surface area contributed by atoms with Crippen molar-refractivity contribution in [1.82, 2.24) is 15.0 Å². The Labute approximate surface area is 156 Å². The molecule has 0 atom stereocenters. The van der Waals surface area contributed by atoms with Gasteiger partial charge in [0.1, 0.15) is 11.6 Å². The molecule has 4 aromatic rings. The lowest BCUT2D eigenvalue weighted by Gasteiger charge is -2.13. The first kappa shape index (κ1) is 16.8. The van der Waals surface area contributed by atoms with E-state index in [4.69, 9.17) is 16.2 Å². The topological polar surface area (TPSA) is 99.9 Å². The van der Waals surface area contributed by atoms with Gasteiger partial charge in [-0.2, -0.15) is 4.98 Å². The molecule has 0 saturated carbocycles. The fourth-order valence-electron chi connectivity index (χ4n) is 3.09. The number of anilines is 2. The van der Waals surface area contributed by atoms with Gasteiger partial charge in [0.05, 0.1) is 12.1 Å². The lowest BCUT2D eigenvalue weighted by molar-refractivity contribution is 0.341. The summed E-state index contributed by atoms with van der Waals surface area (Å²) in [6.45, 7) is 2.54. The number of aromatic nitrogens is 3. The fourth-order valence-corrected chi connectivity index (χ4v) is 3.09. The van der Waals surface area contributed by atoms with Crippen LogP contribution in [0.4, 0.5) is 11.8 Å². The molecule has 4 rings (SSSR count). The average Bonchev–Trinajstić information content (AvgIpc) is 2.68. The van der Waals surface area contributed by atoms with Crippen molar-refractivity contribution in [2.24, 2.45) is 0 Å². The Bertz CT molecular complexity index is 1110. The van der Waals surface area contributed by atoms with Crippen LogP contribution in [-0.2, 0) is 0 Å². The molecule has 0 amide bonds. The van der Waals surface area contributed by atoms with E-state index >= 15 is 0 Å². The Morgan fingerprint density at radius 3 is 2.56 bits per heavy atom. The number of nitrogen functional groups attached to an aromatic ring is 2. The fraction of sp³-hybridized carbons (Fsp3) is 0.0952. The van der Waals surface area contributed by atoms with Crippen LogP contribution in [0.2, 0.25) is 0 Å². The van der Waals surface area contributed by atoms with Crippen molar-refractivity contribution in [3.8, 4) is 28.0 Å². The van der Waals surface area contributed by atoms with Crippen LogP contribution < -0.4 is 16.2 Å². The van der Waals surface area contributed by atoms with Crippen molar-refractivity contribution >= 4 is 22.7 Å². The zero-order valence-corrected chi connectivity index (χ0v) is 14.9. The first-order chi connectivity index (χ1) is 13.2. The number of hydrogen-bond donors (Lipinski definition) is 2. The van der Waals surface area contributed by atoms with E-state index in [0.29, 0.717) is 17.9 Å². The molecule has 2 aromatic heterocycles. The first-order valence-corrected chi connectivity index (χ1v) is 8.66. The average molecular weight is 357 g/mol. The van der Waals surface area contributed by atoms with Gasteiger partial charge in [0, 0.05) is 28.9 Å². The Morgan fingerprint density at radius 2 is 1.78 bits per heavy atom. The highest BCUT2D eigenvalue weighted by molar-refractivity contribution is 5.93. The third-order valence-electron chi connectivity index (χ3n) is 4.33. The second-order valence-electron chi connectivity index (χ2n) is 6.08. The molecule has 0 aliphatic rings. The third kappa shape index (κ3) is 3.25. The van der Waals surface area contributed by atoms with E-state index in [1.165, 1.54) is 0 Å². The van der Waals surface area contributed by atoms with Gasteiger partial charge >= 0.3 is 0 Å². The molecule has 0 spiro atoms. The van der Waals surface area contributed by atoms with Gasteiger partial charge in [-0.05, 0) is 48.4 Å². The third-order valence-corrected chi connectivity index (χ3v) is 4.33. The van der Waals surface area contributed by atoms with Crippen LogP contribution in [0, 0.1) is 0 Å². The van der Waals surface area contributed by atoms with E-state index in [1.54, 1.807) is 6.20 Å².